The van der Waals surface area contributed by atoms with E-state index >= 15 is 0 Å². The first-order chi connectivity index (χ1) is 30.6. The third-order valence-electron chi connectivity index (χ3n) is 12.4. The topological polar surface area (TPSA) is 73.7 Å². The second kappa shape index (κ2) is 14.1. The third-order valence-corrected chi connectivity index (χ3v) is 12.4. The van der Waals surface area contributed by atoms with Crippen LogP contribution in [-0.2, 0) is 0 Å². The minimum absolute atomic E-state index is 0.146. The first-order valence-corrected chi connectivity index (χ1v) is 20.8. The molecular weight excluding hydrogens is 757 g/mol. The van der Waals surface area contributed by atoms with Crippen molar-refractivity contribution >= 4 is 93.7 Å². The summed E-state index contributed by atoms with van der Waals surface area (Å²) in [6.07, 6.45) is 1.90. The number of rotatable bonds is 5. The van der Waals surface area contributed by atoms with Gasteiger partial charge in [-0.05, 0) is 89.4 Å². The first kappa shape index (κ1) is 35.5. The molecule has 12 aromatic rings. The van der Waals surface area contributed by atoms with Crippen molar-refractivity contribution in [2.45, 2.75) is 0 Å². The summed E-state index contributed by atoms with van der Waals surface area (Å²) in [4.78, 5) is 10.3. The van der Waals surface area contributed by atoms with E-state index in [1.54, 1.807) is 6.07 Å². The molecule has 0 spiro atoms. The molecule has 12 rings (SSSR count). The fraction of sp³-hybridized carbons (Fsp3) is 0. The van der Waals surface area contributed by atoms with Crippen molar-refractivity contribution in [3.05, 3.63) is 211 Å². The Kier molecular flexibility index (Phi) is 8.09. The lowest BCUT2D eigenvalue weighted by Crippen LogP contribution is -2.07. The Labute approximate surface area is 356 Å². The Morgan fingerprint density at radius 2 is 1.02 bits per heavy atom. The average Bonchev–Trinajstić information content (AvgIpc) is 3.64. The Morgan fingerprint density at radius 1 is 0.435 bits per heavy atom. The zero-order valence-electron chi connectivity index (χ0n) is 33.4. The number of aromatic nitrogens is 1. The van der Waals surface area contributed by atoms with Crippen molar-refractivity contribution in [2.24, 2.45) is 9.98 Å². The van der Waals surface area contributed by atoms with Gasteiger partial charge in [0.2, 0.25) is 0 Å². The number of phenols is 1. The minimum Gasteiger partial charge on any atom is -0.507 e. The van der Waals surface area contributed by atoms with Crippen molar-refractivity contribution in [1.29, 1.82) is 5.41 Å². The van der Waals surface area contributed by atoms with Crippen LogP contribution < -0.4 is 0 Å². The lowest BCUT2D eigenvalue weighted by atomic mass is 9.88. The maximum Gasteiger partial charge on any atom is 0.163 e. The van der Waals surface area contributed by atoms with E-state index in [0.717, 1.165) is 82.1 Å². The third kappa shape index (κ3) is 5.52. The quantitative estimate of drug-likeness (QED) is 0.102. The summed E-state index contributed by atoms with van der Waals surface area (Å²) >= 11 is 0. The van der Waals surface area contributed by atoms with E-state index in [1.165, 1.54) is 26.9 Å². The van der Waals surface area contributed by atoms with E-state index < -0.39 is 0 Å². The van der Waals surface area contributed by atoms with Crippen LogP contribution in [-0.4, -0.2) is 27.7 Å². The molecule has 0 saturated carbocycles. The van der Waals surface area contributed by atoms with Crippen LogP contribution in [0.4, 0.5) is 0 Å². The van der Waals surface area contributed by atoms with E-state index in [2.05, 4.69) is 120 Å². The van der Waals surface area contributed by atoms with Crippen molar-refractivity contribution in [1.82, 2.24) is 4.57 Å². The number of para-hydroxylation sites is 1. The molecule has 0 aliphatic rings. The molecule has 5 heteroatoms. The summed E-state index contributed by atoms with van der Waals surface area (Å²) in [7, 11) is 0. The fourth-order valence-corrected chi connectivity index (χ4v) is 9.65. The molecule has 290 valence electrons. The molecule has 0 radical (unpaired) electrons. The Balaban J connectivity index is 1.11. The number of hydrogen-bond acceptors (Lipinski definition) is 2. The van der Waals surface area contributed by atoms with Gasteiger partial charge in [0.1, 0.15) is 12.1 Å². The van der Waals surface area contributed by atoms with E-state index in [1.807, 2.05) is 85.2 Å². The van der Waals surface area contributed by atoms with Crippen LogP contribution in [0.5, 0.6) is 5.75 Å². The number of fused-ring (bicyclic) bond motifs is 7. The van der Waals surface area contributed by atoms with Crippen LogP contribution in [0.25, 0.3) is 97.9 Å². The summed E-state index contributed by atoms with van der Waals surface area (Å²) < 4.78 is 2.20. The van der Waals surface area contributed by atoms with Gasteiger partial charge in [0.15, 0.2) is 11.7 Å². The van der Waals surface area contributed by atoms with Gasteiger partial charge < -0.3 is 5.11 Å². The number of nitrogens with zero attached hydrogens (tertiary/aromatic N) is 3. The van der Waals surface area contributed by atoms with Crippen molar-refractivity contribution < 1.29 is 5.11 Å². The molecule has 1 heterocycles. The number of hydrogen-bond donors (Lipinski definition) is 2. The van der Waals surface area contributed by atoms with Gasteiger partial charge in [-0.3, -0.25) is 9.98 Å². The molecule has 0 unspecified atom stereocenters. The molecule has 0 fully saturated rings. The zero-order valence-corrected chi connectivity index (χ0v) is 33.4. The number of nitrogens with one attached hydrogen (secondary N) is 1. The van der Waals surface area contributed by atoms with Gasteiger partial charge in [-0.2, -0.15) is 0 Å². The van der Waals surface area contributed by atoms with Crippen molar-refractivity contribution in [3.63, 3.8) is 0 Å². The van der Waals surface area contributed by atoms with Crippen LogP contribution in [0.3, 0.4) is 0 Å². The Bertz CT molecular complexity index is 3840. The van der Waals surface area contributed by atoms with Gasteiger partial charge in [-0.25, -0.2) is 9.98 Å². The lowest BCUT2D eigenvalue weighted by molar-refractivity contribution is 0.477. The Morgan fingerprint density at radius 3 is 1.79 bits per heavy atom. The molecule has 0 aliphatic heterocycles. The van der Waals surface area contributed by atoms with Gasteiger partial charge in [0.05, 0.1) is 11.0 Å². The van der Waals surface area contributed by atoms with Gasteiger partial charge in [0, 0.05) is 32.8 Å². The first-order valence-electron chi connectivity index (χ1n) is 20.8. The van der Waals surface area contributed by atoms with E-state index in [0.29, 0.717) is 5.84 Å². The molecular formula is C57H36N4O. The Hall–Kier alpha value is -8.41. The smallest absolute Gasteiger partial charge is 0.163 e. The van der Waals surface area contributed by atoms with Crippen LogP contribution in [0.2, 0.25) is 0 Å². The predicted molar refractivity (Wildman–Crippen MR) is 261 cm³/mol. The molecule has 5 nitrogen and oxygen atoms in total. The molecule has 0 saturated heterocycles. The van der Waals surface area contributed by atoms with Crippen LogP contribution in [0.1, 0.15) is 11.1 Å². The molecule has 1 aromatic heterocycles. The van der Waals surface area contributed by atoms with Crippen LogP contribution in [0, 0.1) is 5.41 Å². The summed E-state index contributed by atoms with van der Waals surface area (Å²) in [6.45, 7) is 0. The van der Waals surface area contributed by atoms with Crippen molar-refractivity contribution in [2.75, 3.05) is 0 Å². The maximum absolute atomic E-state index is 10.9. The number of aromatic hydroxyl groups is 1. The SMILES string of the molecule is N=C(N=C(N=Cn1c2cccc3c4cc(-c5ccccc5-c5ccccc5O)ccc4c4c5ccccc5cc1c4c32)c1cccc2ccccc12)c1cccc2ccccc12. The normalized spacial score (nSPS) is 12.4. The molecule has 0 bridgehead atoms. The summed E-state index contributed by atoms with van der Waals surface area (Å²) in [5.74, 6) is 0.859. The fourth-order valence-electron chi connectivity index (χ4n) is 9.65. The monoisotopic (exact) mass is 792 g/mol. The highest BCUT2D eigenvalue weighted by Crippen LogP contribution is 2.47. The van der Waals surface area contributed by atoms with E-state index in [-0.39, 0.29) is 11.6 Å². The summed E-state index contributed by atoms with van der Waals surface area (Å²) in [5, 5.41) is 33.8. The van der Waals surface area contributed by atoms with Crippen LogP contribution in [0.15, 0.2) is 210 Å². The van der Waals surface area contributed by atoms with E-state index in [4.69, 9.17) is 9.98 Å². The number of benzene rings is 11. The highest BCUT2D eigenvalue weighted by Gasteiger charge is 2.22. The molecule has 0 aliphatic carbocycles. The molecule has 11 aromatic carbocycles. The van der Waals surface area contributed by atoms with Gasteiger partial charge in [-0.15, -0.1) is 0 Å². The molecule has 0 atom stereocenters. The summed E-state index contributed by atoms with van der Waals surface area (Å²) in [5.41, 5.74) is 7.59. The standard InChI is InChI=1S/C57H36N4O/c58-56(47-26-11-17-35-14-1-4-19-39(35)47)60-57(48-27-12-18-36-15-2-5-20-40(36)48)59-34-61-50-28-13-25-45-49-32-38(41-21-7-8-23-43(41)44-24-9-10-29-52(44)62)30-31-46(49)53-42-22-6-3-16-37(42)33-51(61)55(53)54(45)50/h1-34,58,62H. The number of phenolic OH excluding ortho intramolecular Hbond substituents is 1. The van der Waals surface area contributed by atoms with Gasteiger partial charge >= 0.3 is 0 Å². The largest absolute Gasteiger partial charge is 0.507 e. The zero-order chi connectivity index (χ0) is 41.3. The highest BCUT2D eigenvalue weighted by atomic mass is 16.3. The van der Waals surface area contributed by atoms with Gasteiger partial charge in [0.25, 0.3) is 0 Å². The van der Waals surface area contributed by atoms with Gasteiger partial charge in [-0.1, -0.05) is 176 Å². The lowest BCUT2D eigenvalue weighted by Gasteiger charge is -2.15. The van der Waals surface area contributed by atoms with Crippen LogP contribution >= 0.6 is 0 Å². The minimum atomic E-state index is 0.146. The molecule has 0 amide bonds. The average molecular weight is 793 g/mol. The number of amidine groups is 2. The summed E-state index contributed by atoms with van der Waals surface area (Å²) in [6, 6.07) is 68.7. The predicted octanol–water partition coefficient (Wildman–Crippen LogP) is 14.4. The molecule has 2 N–H and O–H groups in total. The number of aliphatic imine (C=N–C) groups is 2. The second-order valence-corrected chi connectivity index (χ2v) is 15.8. The highest BCUT2D eigenvalue weighted by molar-refractivity contribution is 6.40. The van der Waals surface area contributed by atoms with E-state index in [9.17, 15) is 10.5 Å². The van der Waals surface area contributed by atoms with Crippen molar-refractivity contribution in [3.8, 4) is 28.0 Å². The molecule has 62 heavy (non-hydrogen) atoms. The maximum atomic E-state index is 10.9. The second-order valence-electron chi connectivity index (χ2n) is 15.8.